The maximum absolute atomic E-state index is 12.1. The van der Waals surface area contributed by atoms with E-state index in [1.807, 2.05) is 31.4 Å². The number of fused-ring (bicyclic) bond motifs is 1. The average Bonchev–Trinajstić information content (AvgIpc) is 2.86. The third-order valence-electron chi connectivity index (χ3n) is 2.92. The molecule has 0 bridgehead atoms. The van der Waals surface area contributed by atoms with Gasteiger partial charge in [0.05, 0.1) is 22.9 Å². The summed E-state index contributed by atoms with van der Waals surface area (Å²) < 4.78 is 10.9. The Hall–Kier alpha value is -2.14. The van der Waals surface area contributed by atoms with Crippen LogP contribution in [0.2, 0.25) is 0 Å². The van der Waals surface area contributed by atoms with Crippen LogP contribution in [0.15, 0.2) is 38.9 Å². The molecule has 20 heavy (non-hydrogen) atoms. The van der Waals surface area contributed by atoms with Gasteiger partial charge < -0.3 is 9.15 Å². The number of benzene rings is 1. The molecule has 1 aromatic carbocycles. The molecule has 0 atom stereocenters. The van der Waals surface area contributed by atoms with Crippen molar-refractivity contribution in [2.24, 2.45) is 0 Å². The van der Waals surface area contributed by atoms with Crippen LogP contribution in [0.1, 0.15) is 11.9 Å². The molecule has 2 aromatic heterocycles. The summed E-state index contributed by atoms with van der Waals surface area (Å²) in [6.45, 7) is 4.32. The summed E-state index contributed by atoms with van der Waals surface area (Å²) in [4.78, 5) is 16.5. The molecule has 102 valence electrons. The Bertz CT molecular complexity index is 819. The van der Waals surface area contributed by atoms with Crippen LogP contribution >= 0.6 is 11.3 Å². The lowest BCUT2D eigenvalue weighted by Crippen LogP contribution is -2.04. The second-order valence-electron chi connectivity index (χ2n) is 4.31. The lowest BCUT2D eigenvalue weighted by molar-refractivity contribution is 0.337. The van der Waals surface area contributed by atoms with E-state index in [0.29, 0.717) is 29.2 Å². The summed E-state index contributed by atoms with van der Waals surface area (Å²) in [5, 5.41) is 3.61. The largest absolute Gasteiger partial charge is 0.490 e. The van der Waals surface area contributed by atoms with Gasteiger partial charge in [-0.3, -0.25) is 0 Å². The van der Waals surface area contributed by atoms with Gasteiger partial charge in [-0.2, -0.15) is 0 Å². The van der Waals surface area contributed by atoms with E-state index in [9.17, 15) is 4.79 Å². The third-order valence-corrected chi connectivity index (χ3v) is 3.69. The van der Waals surface area contributed by atoms with Crippen molar-refractivity contribution in [1.82, 2.24) is 4.98 Å². The molecule has 0 saturated heterocycles. The molecule has 3 rings (SSSR count). The molecule has 5 heteroatoms. The fourth-order valence-electron chi connectivity index (χ4n) is 2.05. The van der Waals surface area contributed by atoms with Crippen molar-refractivity contribution in [1.29, 1.82) is 0 Å². The zero-order valence-electron chi connectivity index (χ0n) is 11.2. The van der Waals surface area contributed by atoms with E-state index in [2.05, 4.69) is 4.98 Å². The van der Waals surface area contributed by atoms with Gasteiger partial charge in [-0.15, -0.1) is 11.3 Å². The van der Waals surface area contributed by atoms with Crippen LogP contribution in [0.3, 0.4) is 0 Å². The molecule has 0 aliphatic rings. The minimum absolute atomic E-state index is 0.394. The van der Waals surface area contributed by atoms with Gasteiger partial charge >= 0.3 is 5.63 Å². The number of rotatable bonds is 3. The van der Waals surface area contributed by atoms with Crippen molar-refractivity contribution >= 4 is 22.3 Å². The number of aromatic nitrogens is 1. The van der Waals surface area contributed by atoms with E-state index < -0.39 is 5.63 Å². The van der Waals surface area contributed by atoms with Crippen molar-refractivity contribution in [2.45, 2.75) is 13.8 Å². The van der Waals surface area contributed by atoms with E-state index in [4.69, 9.17) is 9.15 Å². The van der Waals surface area contributed by atoms with Gasteiger partial charge in [0, 0.05) is 10.8 Å². The van der Waals surface area contributed by atoms with Crippen molar-refractivity contribution in [3.05, 3.63) is 45.1 Å². The number of para-hydroxylation sites is 1. The molecule has 2 heterocycles. The Morgan fingerprint density at radius 2 is 2.25 bits per heavy atom. The zero-order valence-corrected chi connectivity index (χ0v) is 12.0. The molecule has 3 aromatic rings. The highest BCUT2D eigenvalue weighted by Crippen LogP contribution is 2.28. The first-order valence-electron chi connectivity index (χ1n) is 6.31. The summed E-state index contributed by atoms with van der Waals surface area (Å²) in [7, 11) is 0. The van der Waals surface area contributed by atoms with Gasteiger partial charge in [-0.25, -0.2) is 9.78 Å². The average molecular weight is 287 g/mol. The smallest absolute Gasteiger partial charge is 0.345 e. The number of hydrogen-bond donors (Lipinski definition) is 0. The normalized spacial score (nSPS) is 10.9. The molecule has 0 aliphatic carbocycles. The first-order chi connectivity index (χ1) is 9.69. The quantitative estimate of drug-likeness (QED) is 0.690. The molecule has 0 amide bonds. The first kappa shape index (κ1) is 12.9. The summed E-state index contributed by atoms with van der Waals surface area (Å²) in [6.07, 6.45) is 0. The van der Waals surface area contributed by atoms with Crippen LogP contribution in [-0.4, -0.2) is 11.6 Å². The maximum atomic E-state index is 12.1. The van der Waals surface area contributed by atoms with Crippen molar-refractivity contribution < 1.29 is 9.15 Å². The molecule has 0 fully saturated rings. The molecular formula is C15H13NO3S. The van der Waals surface area contributed by atoms with Crippen molar-refractivity contribution in [3.63, 3.8) is 0 Å². The number of hydrogen-bond acceptors (Lipinski definition) is 5. The predicted molar refractivity (Wildman–Crippen MR) is 79.5 cm³/mol. The number of ether oxygens (including phenoxy) is 1. The van der Waals surface area contributed by atoms with E-state index in [-0.39, 0.29) is 0 Å². The van der Waals surface area contributed by atoms with E-state index >= 15 is 0 Å². The van der Waals surface area contributed by atoms with Crippen LogP contribution < -0.4 is 10.4 Å². The van der Waals surface area contributed by atoms with E-state index in [0.717, 1.165) is 10.4 Å². The van der Waals surface area contributed by atoms with Crippen LogP contribution in [0.5, 0.6) is 5.75 Å². The fraction of sp³-hybridized carbons (Fsp3) is 0.200. The number of thiazole rings is 1. The van der Waals surface area contributed by atoms with Crippen LogP contribution in [0, 0.1) is 6.92 Å². The molecule has 4 nitrogen and oxygen atoms in total. The first-order valence-corrected chi connectivity index (χ1v) is 7.19. The number of nitrogens with zero attached hydrogens (tertiary/aromatic N) is 1. The summed E-state index contributed by atoms with van der Waals surface area (Å²) >= 11 is 1.51. The third kappa shape index (κ3) is 2.20. The molecule has 0 spiro atoms. The van der Waals surface area contributed by atoms with Crippen LogP contribution in [0.25, 0.3) is 22.2 Å². The Labute approximate surface area is 119 Å². The summed E-state index contributed by atoms with van der Waals surface area (Å²) in [5.41, 5.74) is 1.23. The standard InChI is InChI=1S/C15H13NO3S/c1-3-18-13-6-4-5-10-7-11(15(17)19-14(10)13)12-8-20-9(2)16-12/h4-8H,3H2,1-2H3. The van der Waals surface area contributed by atoms with Gasteiger partial charge in [-0.05, 0) is 26.0 Å². The van der Waals surface area contributed by atoms with Gasteiger partial charge in [-0.1, -0.05) is 12.1 Å². The minimum atomic E-state index is -0.394. The fourth-order valence-corrected chi connectivity index (χ4v) is 2.67. The second kappa shape index (κ2) is 5.09. The van der Waals surface area contributed by atoms with Gasteiger partial charge in [0.15, 0.2) is 11.3 Å². The SMILES string of the molecule is CCOc1cccc2cc(-c3csc(C)n3)c(=O)oc12. The summed E-state index contributed by atoms with van der Waals surface area (Å²) in [6, 6.07) is 7.37. The molecule has 0 aliphatic heterocycles. The monoisotopic (exact) mass is 287 g/mol. The Kier molecular flexibility index (Phi) is 3.28. The van der Waals surface area contributed by atoms with Gasteiger partial charge in [0.25, 0.3) is 0 Å². The summed E-state index contributed by atoms with van der Waals surface area (Å²) in [5.74, 6) is 0.586. The molecule has 0 unspecified atom stereocenters. The molecular weight excluding hydrogens is 274 g/mol. The lowest BCUT2D eigenvalue weighted by Gasteiger charge is -2.06. The maximum Gasteiger partial charge on any atom is 0.345 e. The van der Waals surface area contributed by atoms with Crippen LogP contribution in [-0.2, 0) is 0 Å². The molecule has 0 N–H and O–H groups in total. The van der Waals surface area contributed by atoms with E-state index in [1.165, 1.54) is 11.3 Å². The second-order valence-corrected chi connectivity index (χ2v) is 5.37. The van der Waals surface area contributed by atoms with Crippen LogP contribution in [0.4, 0.5) is 0 Å². The highest BCUT2D eigenvalue weighted by molar-refractivity contribution is 7.09. The van der Waals surface area contributed by atoms with E-state index in [1.54, 1.807) is 12.1 Å². The van der Waals surface area contributed by atoms with Gasteiger partial charge in [0.1, 0.15) is 0 Å². The topological polar surface area (TPSA) is 52.3 Å². The minimum Gasteiger partial charge on any atom is -0.490 e. The van der Waals surface area contributed by atoms with Gasteiger partial charge in [0.2, 0.25) is 0 Å². The molecule has 0 saturated carbocycles. The van der Waals surface area contributed by atoms with Crippen molar-refractivity contribution in [2.75, 3.05) is 6.61 Å². The predicted octanol–water partition coefficient (Wildman–Crippen LogP) is 3.62. The zero-order chi connectivity index (χ0) is 14.1. The Balaban J connectivity index is 2.22. The van der Waals surface area contributed by atoms with Crippen molar-refractivity contribution in [3.8, 4) is 17.0 Å². The Morgan fingerprint density at radius 3 is 2.95 bits per heavy atom. The Morgan fingerprint density at radius 1 is 1.40 bits per heavy atom. The molecule has 0 radical (unpaired) electrons. The lowest BCUT2D eigenvalue weighted by atomic mass is 10.1. The highest BCUT2D eigenvalue weighted by Gasteiger charge is 2.12. The number of aryl methyl sites for hydroxylation is 1. The highest BCUT2D eigenvalue weighted by atomic mass is 32.1.